The summed E-state index contributed by atoms with van der Waals surface area (Å²) in [5.41, 5.74) is 1.18. The molecule has 0 saturated heterocycles. The highest BCUT2D eigenvalue weighted by atomic mass is 35.5. The van der Waals surface area contributed by atoms with Gasteiger partial charge in [-0.2, -0.15) is 18.3 Å². The molecule has 0 saturated carbocycles. The van der Waals surface area contributed by atoms with E-state index in [1.807, 2.05) is 0 Å². The molecule has 0 unspecified atom stereocenters. The van der Waals surface area contributed by atoms with Crippen LogP contribution in [0.4, 0.5) is 18.9 Å². The van der Waals surface area contributed by atoms with Crippen molar-refractivity contribution >= 4 is 51.4 Å². The molecule has 1 N–H and O–H groups in total. The van der Waals surface area contributed by atoms with Crippen molar-refractivity contribution in [3.05, 3.63) is 27.7 Å². The lowest BCUT2D eigenvalue weighted by molar-refractivity contribution is -0.137. The molecule has 0 aliphatic rings. The fourth-order valence-electron chi connectivity index (χ4n) is 1.03. The fourth-order valence-corrected chi connectivity index (χ4v) is 1.64. The number of carbonyl (C=O) groups is 1. The molecule has 104 valence electrons. The zero-order valence-electron chi connectivity index (χ0n) is 9.28. The van der Waals surface area contributed by atoms with Gasteiger partial charge in [-0.25, -0.2) is 0 Å². The van der Waals surface area contributed by atoms with Crippen LogP contribution in [0, 0.1) is 0 Å². The summed E-state index contributed by atoms with van der Waals surface area (Å²) in [5, 5.41) is 2.47. The second-order valence-electron chi connectivity index (χ2n) is 3.38. The van der Waals surface area contributed by atoms with E-state index in [0.717, 1.165) is 0 Å². The zero-order chi connectivity index (χ0) is 14.8. The molecule has 1 rings (SSSR count). The third-order valence-corrected chi connectivity index (χ3v) is 2.87. The summed E-state index contributed by atoms with van der Waals surface area (Å²) in [6.45, 7) is 1.17. The maximum Gasteiger partial charge on any atom is 0.416 e. The molecule has 0 aromatic heterocycles. The highest BCUT2D eigenvalue weighted by Gasteiger charge is 2.32. The Morgan fingerprint density at radius 1 is 1.26 bits per heavy atom. The average Bonchev–Trinajstić information content (AvgIpc) is 2.25. The van der Waals surface area contributed by atoms with Gasteiger partial charge in [0.2, 0.25) is 0 Å². The van der Waals surface area contributed by atoms with Gasteiger partial charge in [-0.05, 0) is 12.1 Å². The number of halogens is 6. The van der Waals surface area contributed by atoms with Gasteiger partial charge < -0.3 is 0 Å². The Hall–Kier alpha value is -0.980. The summed E-state index contributed by atoms with van der Waals surface area (Å²) in [5.74, 6) is -0.520. The number of nitrogens with zero attached hydrogens (tertiary/aromatic N) is 1. The summed E-state index contributed by atoms with van der Waals surface area (Å²) in [6.07, 6.45) is -4.56. The fraction of sp³-hybridized carbons (Fsp3) is 0.200. The molecule has 0 aliphatic heterocycles. The first-order chi connectivity index (χ1) is 8.62. The third kappa shape index (κ3) is 4.26. The van der Waals surface area contributed by atoms with Crippen LogP contribution >= 0.6 is 34.8 Å². The van der Waals surface area contributed by atoms with Crippen molar-refractivity contribution in [1.82, 2.24) is 0 Å². The molecular formula is C10H6Cl3F3N2O. The van der Waals surface area contributed by atoms with Crippen LogP contribution < -0.4 is 5.43 Å². The molecule has 0 aliphatic carbocycles. The van der Waals surface area contributed by atoms with E-state index < -0.39 is 17.5 Å². The first-order valence-corrected chi connectivity index (χ1v) is 5.82. The van der Waals surface area contributed by atoms with E-state index in [1.54, 1.807) is 0 Å². The van der Waals surface area contributed by atoms with Crippen LogP contribution in [0.5, 0.6) is 0 Å². The number of ketones is 1. The molecular weight excluding hydrogens is 327 g/mol. The quantitative estimate of drug-likeness (QED) is 0.650. The van der Waals surface area contributed by atoms with Gasteiger partial charge >= 0.3 is 6.18 Å². The van der Waals surface area contributed by atoms with Gasteiger partial charge in [-0.1, -0.05) is 34.8 Å². The van der Waals surface area contributed by atoms with Gasteiger partial charge in [0.1, 0.15) is 0 Å². The summed E-state index contributed by atoms with van der Waals surface area (Å²) in [4.78, 5) is 10.8. The van der Waals surface area contributed by atoms with Crippen LogP contribution in [0.25, 0.3) is 0 Å². The Morgan fingerprint density at radius 2 is 1.74 bits per heavy atom. The van der Waals surface area contributed by atoms with E-state index >= 15 is 0 Å². The molecule has 9 heteroatoms. The molecule has 0 radical (unpaired) electrons. The third-order valence-electron chi connectivity index (χ3n) is 1.93. The molecule has 1 aromatic carbocycles. The SMILES string of the molecule is CC(=O)/C(Cl)=N\Nc1c(Cl)cc(C(F)(F)F)cc1Cl. The molecule has 0 amide bonds. The van der Waals surface area contributed by atoms with Crippen LogP contribution in [0.2, 0.25) is 10.0 Å². The highest BCUT2D eigenvalue weighted by Crippen LogP contribution is 2.38. The number of Topliss-reactive ketones (excluding diaryl/α,β-unsaturated/α-hetero) is 1. The monoisotopic (exact) mass is 332 g/mol. The lowest BCUT2D eigenvalue weighted by Crippen LogP contribution is -2.07. The van der Waals surface area contributed by atoms with E-state index in [-0.39, 0.29) is 20.9 Å². The van der Waals surface area contributed by atoms with Crippen molar-refractivity contribution in [1.29, 1.82) is 0 Å². The number of hydrogen-bond acceptors (Lipinski definition) is 3. The van der Waals surface area contributed by atoms with Crippen molar-refractivity contribution in [2.24, 2.45) is 5.10 Å². The minimum atomic E-state index is -4.56. The number of alkyl halides is 3. The Kier molecular flexibility index (Phi) is 5.06. The minimum Gasteiger partial charge on any atom is -0.292 e. The van der Waals surface area contributed by atoms with Crippen LogP contribution in [0.1, 0.15) is 12.5 Å². The summed E-state index contributed by atoms with van der Waals surface area (Å²) in [6, 6.07) is 1.37. The molecule has 3 nitrogen and oxygen atoms in total. The summed E-state index contributed by atoms with van der Waals surface area (Å²) >= 11 is 16.8. The predicted molar refractivity (Wildman–Crippen MR) is 69.1 cm³/mol. The van der Waals surface area contributed by atoms with Gasteiger partial charge in [0.25, 0.3) is 0 Å². The largest absolute Gasteiger partial charge is 0.416 e. The first-order valence-electron chi connectivity index (χ1n) is 4.69. The topological polar surface area (TPSA) is 41.5 Å². The number of rotatable bonds is 3. The summed E-state index contributed by atoms with van der Waals surface area (Å²) < 4.78 is 37.4. The van der Waals surface area contributed by atoms with Gasteiger partial charge in [-0.3, -0.25) is 10.2 Å². The number of hydrogen-bond donors (Lipinski definition) is 1. The zero-order valence-corrected chi connectivity index (χ0v) is 11.5. The number of hydrazone groups is 1. The maximum absolute atomic E-state index is 12.5. The second-order valence-corrected chi connectivity index (χ2v) is 4.56. The first kappa shape index (κ1) is 16.1. The lowest BCUT2D eigenvalue weighted by atomic mass is 10.2. The van der Waals surface area contributed by atoms with Gasteiger partial charge in [0, 0.05) is 6.92 Å². The van der Waals surface area contributed by atoms with Crippen molar-refractivity contribution in [2.75, 3.05) is 5.43 Å². The number of carbonyl (C=O) groups excluding carboxylic acids is 1. The van der Waals surface area contributed by atoms with Crippen molar-refractivity contribution in [3.8, 4) is 0 Å². The average molecular weight is 334 g/mol. The molecule has 0 atom stereocenters. The highest BCUT2D eigenvalue weighted by molar-refractivity contribution is 6.82. The van der Waals surface area contributed by atoms with Gasteiger partial charge in [0.15, 0.2) is 11.0 Å². The molecule has 0 heterocycles. The predicted octanol–water partition coefficient (Wildman–Crippen LogP) is 4.57. The molecule has 19 heavy (non-hydrogen) atoms. The van der Waals surface area contributed by atoms with E-state index in [2.05, 4.69) is 10.5 Å². The molecule has 0 bridgehead atoms. The van der Waals surface area contributed by atoms with E-state index in [4.69, 9.17) is 34.8 Å². The van der Waals surface area contributed by atoms with E-state index in [0.29, 0.717) is 12.1 Å². The standard InChI is InChI=1S/C10H6Cl3F3N2O/c1-4(19)9(13)18-17-8-6(11)2-5(3-7(8)12)10(14,15)16/h2-3,17H,1H3/b18-9+. The van der Waals surface area contributed by atoms with Crippen molar-refractivity contribution < 1.29 is 18.0 Å². The number of anilines is 1. The van der Waals surface area contributed by atoms with Crippen LogP contribution in [0.3, 0.4) is 0 Å². The smallest absolute Gasteiger partial charge is 0.292 e. The summed E-state index contributed by atoms with van der Waals surface area (Å²) in [7, 11) is 0. The normalized spacial score (nSPS) is 12.5. The van der Waals surface area contributed by atoms with Crippen molar-refractivity contribution in [3.63, 3.8) is 0 Å². The Labute approximate surface area is 121 Å². The maximum atomic E-state index is 12.5. The number of nitrogens with one attached hydrogen (secondary N) is 1. The molecule has 0 spiro atoms. The Morgan fingerprint density at radius 3 is 2.11 bits per heavy atom. The minimum absolute atomic E-state index is 0.0734. The molecule has 1 aromatic rings. The second kappa shape index (κ2) is 5.98. The molecule has 0 fully saturated rings. The number of benzene rings is 1. The van der Waals surface area contributed by atoms with E-state index in [1.165, 1.54) is 6.92 Å². The Bertz CT molecular complexity index is 520. The van der Waals surface area contributed by atoms with Crippen molar-refractivity contribution in [2.45, 2.75) is 13.1 Å². The van der Waals surface area contributed by atoms with Crippen LogP contribution in [0.15, 0.2) is 17.2 Å². The van der Waals surface area contributed by atoms with E-state index in [9.17, 15) is 18.0 Å². The van der Waals surface area contributed by atoms with Crippen LogP contribution in [-0.2, 0) is 11.0 Å². The van der Waals surface area contributed by atoms with Gasteiger partial charge in [-0.15, -0.1) is 0 Å². The lowest BCUT2D eigenvalue weighted by Gasteiger charge is -2.11. The Balaban J connectivity index is 3.12. The van der Waals surface area contributed by atoms with Gasteiger partial charge in [0.05, 0.1) is 21.3 Å². The van der Waals surface area contributed by atoms with Crippen LogP contribution in [-0.4, -0.2) is 11.0 Å².